The maximum absolute atomic E-state index is 5.25. The fourth-order valence-electron chi connectivity index (χ4n) is 1.33. The van der Waals surface area contributed by atoms with Crippen molar-refractivity contribution in [2.24, 2.45) is 0 Å². The fourth-order valence-corrected chi connectivity index (χ4v) is 1.33. The van der Waals surface area contributed by atoms with Crippen molar-refractivity contribution in [2.45, 2.75) is 27.7 Å². The summed E-state index contributed by atoms with van der Waals surface area (Å²) in [6, 6.07) is 5.98. The molecule has 0 N–H and O–H groups in total. The molecule has 2 rings (SSSR count). The number of hydrogen-bond acceptors (Lipinski definition) is 3. The predicted molar refractivity (Wildman–Crippen MR) is 70.0 cm³/mol. The lowest BCUT2D eigenvalue weighted by molar-refractivity contribution is 0.122. The molecule has 0 aromatic carbocycles. The predicted octanol–water partition coefficient (Wildman–Crippen LogP) is 2.97. The second kappa shape index (κ2) is 10.4. The number of pyridine rings is 1. The van der Waals surface area contributed by atoms with Gasteiger partial charge >= 0.3 is 0 Å². The molecule has 1 aromatic heterocycles. The first kappa shape index (κ1) is 14.9. The highest BCUT2D eigenvalue weighted by molar-refractivity contribution is 5.37. The molecule has 0 aliphatic carbocycles. The zero-order valence-electron chi connectivity index (χ0n) is 10.9. The third kappa shape index (κ3) is 5.12. The molecule has 1 aromatic rings. The molecule has 1 aliphatic heterocycles. The minimum absolute atomic E-state index is 0.816. The van der Waals surface area contributed by atoms with E-state index in [2.05, 4.69) is 9.88 Å². The van der Waals surface area contributed by atoms with Gasteiger partial charge in [0.1, 0.15) is 5.82 Å². The molecule has 0 radical (unpaired) electrons. The SMILES string of the molecule is CC.CC.c1ccc(N2CCOCC2)nc1. The Morgan fingerprint density at radius 1 is 1.06 bits per heavy atom. The largest absolute Gasteiger partial charge is 0.378 e. The highest BCUT2D eigenvalue weighted by Crippen LogP contribution is 2.10. The van der Waals surface area contributed by atoms with Crippen LogP contribution in [0, 0.1) is 0 Å². The zero-order chi connectivity index (χ0) is 12.2. The Kier molecular flexibility index (Phi) is 9.72. The second-order valence-electron chi connectivity index (χ2n) is 2.79. The van der Waals surface area contributed by atoms with Gasteiger partial charge in [-0.1, -0.05) is 33.8 Å². The lowest BCUT2D eigenvalue weighted by Crippen LogP contribution is -2.36. The van der Waals surface area contributed by atoms with Crippen molar-refractivity contribution in [3.05, 3.63) is 24.4 Å². The Labute approximate surface area is 99.4 Å². The van der Waals surface area contributed by atoms with Gasteiger partial charge in [0.2, 0.25) is 0 Å². The van der Waals surface area contributed by atoms with Crippen LogP contribution in [0.2, 0.25) is 0 Å². The Bertz CT molecular complexity index is 233. The molecule has 0 amide bonds. The molecule has 92 valence electrons. The van der Waals surface area contributed by atoms with Crippen LogP contribution < -0.4 is 4.90 Å². The lowest BCUT2D eigenvalue weighted by Gasteiger charge is -2.27. The number of anilines is 1. The summed E-state index contributed by atoms with van der Waals surface area (Å²) in [5.41, 5.74) is 0. The molecule has 0 atom stereocenters. The van der Waals surface area contributed by atoms with Gasteiger partial charge in [0.15, 0.2) is 0 Å². The summed E-state index contributed by atoms with van der Waals surface area (Å²) in [5, 5.41) is 0. The molecule has 1 saturated heterocycles. The van der Waals surface area contributed by atoms with Gasteiger partial charge in [-0.3, -0.25) is 0 Å². The van der Waals surface area contributed by atoms with Crippen LogP contribution in [0.25, 0.3) is 0 Å². The number of morpholine rings is 1. The Hall–Kier alpha value is -1.09. The Morgan fingerprint density at radius 3 is 2.19 bits per heavy atom. The van der Waals surface area contributed by atoms with Crippen LogP contribution in [-0.2, 0) is 4.74 Å². The maximum atomic E-state index is 5.25. The number of ether oxygens (including phenoxy) is 1. The van der Waals surface area contributed by atoms with E-state index in [1.54, 1.807) is 0 Å². The molecule has 0 saturated carbocycles. The molecule has 0 unspecified atom stereocenters. The molecular formula is C13H24N2O. The van der Waals surface area contributed by atoms with E-state index in [-0.39, 0.29) is 0 Å². The average Bonchev–Trinajstić information content (AvgIpc) is 2.45. The van der Waals surface area contributed by atoms with Gasteiger partial charge in [0, 0.05) is 19.3 Å². The van der Waals surface area contributed by atoms with E-state index in [1.165, 1.54) is 0 Å². The monoisotopic (exact) mass is 224 g/mol. The van der Waals surface area contributed by atoms with Gasteiger partial charge < -0.3 is 9.64 Å². The van der Waals surface area contributed by atoms with Gasteiger partial charge in [-0.15, -0.1) is 0 Å². The third-order valence-electron chi connectivity index (χ3n) is 1.98. The van der Waals surface area contributed by atoms with E-state index in [0.717, 1.165) is 32.1 Å². The van der Waals surface area contributed by atoms with Crippen LogP contribution in [0.3, 0.4) is 0 Å². The quantitative estimate of drug-likeness (QED) is 0.733. The summed E-state index contributed by atoms with van der Waals surface area (Å²) in [4.78, 5) is 6.51. The van der Waals surface area contributed by atoms with Crippen molar-refractivity contribution in [1.82, 2.24) is 4.98 Å². The van der Waals surface area contributed by atoms with E-state index in [1.807, 2.05) is 52.1 Å². The highest BCUT2D eigenvalue weighted by Gasteiger charge is 2.10. The summed E-state index contributed by atoms with van der Waals surface area (Å²) in [6.07, 6.45) is 1.82. The van der Waals surface area contributed by atoms with Crippen LogP contribution in [0.4, 0.5) is 5.82 Å². The van der Waals surface area contributed by atoms with Gasteiger partial charge in [0.25, 0.3) is 0 Å². The molecule has 3 heteroatoms. The minimum Gasteiger partial charge on any atom is -0.378 e. The van der Waals surface area contributed by atoms with Crippen molar-refractivity contribution in [3.8, 4) is 0 Å². The Morgan fingerprint density at radius 2 is 1.69 bits per heavy atom. The van der Waals surface area contributed by atoms with Crippen molar-refractivity contribution >= 4 is 5.82 Å². The normalized spacial score (nSPS) is 14.1. The highest BCUT2D eigenvalue weighted by atomic mass is 16.5. The van der Waals surface area contributed by atoms with Crippen LogP contribution in [0.5, 0.6) is 0 Å². The van der Waals surface area contributed by atoms with E-state index >= 15 is 0 Å². The lowest BCUT2D eigenvalue weighted by atomic mass is 10.4. The molecule has 3 nitrogen and oxygen atoms in total. The fraction of sp³-hybridized carbons (Fsp3) is 0.615. The molecular weight excluding hydrogens is 200 g/mol. The van der Waals surface area contributed by atoms with E-state index in [9.17, 15) is 0 Å². The summed E-state index contributed by atoms with van der Waals surface area (Å²) in [6.45, 7) is 11.5. The van der Waals surface area contributed by atoms with E-state index in [0.29, 0.717) is 0 Å². The summed E-state index contributed by atoms with van der Waals surface area (Å²) < 4.78 is 5.25. The maximum Gasteiger partial charge on any atom is 0.128 e. The van der Waals surface area contributed by atoms with Crippen molar-refractivity contribution < 1.29 is 4.74 Å². The van der Waals surface area contributed by atoms with E-state index in [4.69, 9.17) is 4.74 Å². The third-order valence-corrected chi connectivity index (χ3v) is 1.98. The molecule has 0 bridgehead atoms. The summed E-state index contributed by atoms with van der Waals surface area (Å²) >= 11 is 0. The van der Waals surface area contributed by atoms with Crippen LogP contribution in [0.15, 0.2) is 24.4 Å². The number of rotatable bonds is 1. The van der Waals surface area contributed by atoms with Gasteiger partial charge in [-0.05, 0) is 12.1 Å². The molecule has 2 heterocycles. The summed E-state index contributed by atoms with van der Waals surface area (Å²) in [7, 11) is 0. The van der Waals surface area contributed by atoms with Crippen LogP contribution in [0.1, 0.15) is 27.7 Å². The molecule has 1 fully saturated rings. The topological polar surface area (TPSA) is 25.4 Å². The first-order chi connectivity index (χ1) is 7.97. The Balaban J connectivity index is 0.000000509. The first-order valence-electron chi connectivity index (χ1n) is 6.20. The standard InChI is InChI=1S/C9H12N2O.2C2H6/c1-2-4-10-9(3-1)11-5-7-12-8-6-11;2*1-2/h1-4H,5-8H2;2*1-2H3. The van der Waals surface area contributed by atoms with Crippen molar-refractivity contribution in [1.29, 1.82) is 0 Å². The van der Waals surface area contributed by atoms with Gasteiger partial charge in [0.05, 0.1) is 13.2 Å². The van der Waals surface area contributed by atoms with Crippen LogP contribution in [-0.4, -0.2) is 31.3 Å². The first-order valence-corrected chi connectivity index (χ1v) is 6.20. The van der Waals surface area contributed by atoms with Gasteiger partial charge in [-0.2, -0.15) is 0 Å². The second-order valence-corrected chi connectivity index (χ2v) is 2.79. The smallest absolute Gasteiger partial charge is 0.128 e. The minimum atomic E-state index is 0.816. The molecule has 0 spiro atoms. The number of nitrogens with zero attached hydrogens (tertiary/aromatic N) is 2. The van der Waals surface area contributed by atoms with Crippen molar-refractivity contribution in [3.63, 3.8) is 0 Å². The van der Waals surface area contributed by atoms with E-state index < -0.39 is 0 Å². The molecule has 1 aliphatic rings. The molecule has 16 heavy (non-hydrogen) atoms. The average molecular weight is 224 g/mol. The number of hydrogen-bond donors (Lipinski definition) is 0. The van der Waals surface area contributed by atoms with Gasteiger partial charge in [-0.25, -0.2) is 4.98 Å². The van der Waals surface area contributed by atoms with Crippen molar-refractivity contribution in [2.75, 3.05) is 31.2 Å². The summed E-state index contributed by atoms with van der Waals surface area (Å²) in [5.74, 6) is 1.06. The number of aromatic nitrogens is 1. The van der Waals surface area contributed by atoms with Crippen LogP contribution >= 0.6 is 0 Å². The zero-order valence-corrected chi connectivity index (χ0v) is 10.9.